The van der Waals surface area contributed by atoms with Gasteiger partial charge in [-0.25, -0.2) is 4.79 Å². The number of allylic oxidation sites excluding steroid dienone is 1. The molecule has 0 rings (SSSR count). The van der Waals surface area contributed by atoms with Crippen LogP contribution in [0.2, 0.25) is 63.2 Å². The predicted molar refractivity (Wildman–Crippen MR) is 103 cm³/mol. The van der Waals surface area contributed by atoms with Crippen LogP contribution in [0.15, 0.2) is 11.6 Å². The van der Waals surface area contributed by atoms with E-state index in [1.54, 1.807) is 6.92 Å². The topological polar surface area (TPSA) is 37.3 Å². The Hall–Kier alpha value is -0.139. The summed E-state index contributed by atoms with van der Waals surface area (Å²) in [5, 5.41) is 9.05. The molecule has 5 heteroatoms. The molecule has 0 saturated carbocycles. The summed E-state index contributed by atoms with van der Waals surface area (Å²) in [5.41, 5.74) is 0.491. The minimum Gasteiger partial charge on any atom is -0.478 e. The third-order valence-corrected chi connectivity index (χ3v) is 27.1. The van der Waals surface area contributed by atoms with Crippen molar-refractivity contribution in [1.82, 2.24) is 0 Å². The zero-order valence-electron chi connectivity index (χ0n) is 15.8. The van der Waals surface area contributed by atoms with Crippen molar-refractivity contribution in [2.75, 3.05) is 0 Å². The van der Waals surface area contributed by atoms with E-state index in [0.717, 1.165) is 6.42 Å². The second-order valence-corrected chi connectivity index (χ2v) is 26.9. The average molecular weight is 345 g/mol. The molecule has 0 amide bonds. The summed E-state index contributed by atoms with van der Waals surface area (Å²) in [6.45, 7) is 24.4. The van der Waals surface area contributed by atoms with Gasteiger partial charge in [-0.2, -0.15) is 0 Å². The van der Waals surface area contributed by atoms with Gasteiger partial charge in [-0.05, 0) is 17.6 Å². The average Bonchev–Trinajstić information content (AvgIpc) is 2.17. The number of aliphatic carboxylic acids is 1. The minimum atomic E-state index is -1.36. The van der Waals surface area contributed by atoms with Gasteiger partial charge in [0.1, 0.15) is 0 Å². The molecule has 0 aliphatic carbocycles. The lowest BCUT2D eigenvalue weighted by Gasteiger charge is -2.59. The minimum absolute atomic E-state index is 0.491. The van der Waals surface area contributed by atoms with Crippen molar-refractivity contribution in [3.63, 3.8) is 0 Å². The quantitative estimate of drug-likeness (QED) is 0.480. The molecule has 0 spiro atoms. The van der Waals surface area contributed by atoms with Gasteiger partial charge in [-0.1, -0.05) is 71.4 Å². The number of carboxylic acid groups (broad SMARTS) is 1. The molecule has 0 aromatic heterocycles. The van der Waals surface area contributed by atoms with Gasteiger partial charge in [-0.15, -0.1) is 0 Å². The van der Waals surface area contributed by atoms with Crippen LogP contribution < -0.4 is 0 Å². The largest absolute Gasteiger partial charge is 0.478 e. The number of carboxylic acids is 1. The smallest absolute Gasteiger partial charge is 0.330 e. The summed E-state index contributed by atoms with van der Waals surface area (Å²) >= 11 is 0. The van der Waals surface area contributed by atoms with Crippen LogP contribution in [0.4, 0.5) is 0 Å². The van der Waals surface area contributed by atoms with Gasteiger partial charge in [-0.3, -0.25) is 0 Å². The van der Waals surface area contributed by atoms with Crippen molar-refractivity contribution in [2.24, 2.45) is 0 Å². The summed E-state index contributed by atoms with van der Waals surface area (Å²) in [5.74, 6) is -0.783. The van der Waals surface area contributed by atoms with E-state index >= 15 is 0 Å². The molecule has 124 valence electrons. The monoisotopic (exact) mass is 344 g/mol. The molecule has 2 nitrogen and oxygen atoms in total. The normalized spacial score (nSPS) is 15.2. The predicted octanol–water partition coefficient (Wildman–Crippen LogP) is 5.63. The fourth-order valence-electron chi connectivity index (χ4n) is 5.09. The number of carbonyl (C=O) groups is 1. The van der Waals surface area contributed by atoms with Crippen molar-refractivity contribution in [3.05, 3.63) is 11.6 Å². The Morgan fingerprint density at radius 2 is 1.24 bits per heavy atom. The number of hydrogen-bond donors (Lipinski definition) is 1. The standard InChI is InChI=1S/C16H36O2Si3/c1-14(15(17)18)12-11-13-16(19(2,3)4,20(5,6)7)21(8,9)10/h12H,11,13H2,1-10H3,(H,17,18). The highest BCUT2D eigenvalue weighted by atomic mass is 28.5. The highest BCUT2D eigenvalue weighted by molar-refractivity contribution is 7.15. The molecule has 0 aromatic carbocycles. The third-order valence-electron chi connectivity index (χ3n) is 5.15. The van der Waals surface area contributed by atoms with E-state index in [2.05, 4.69) is 58.9 Å². The van der Waals surface area contributed by atoms with Crippen LogP contribution in [0.5, 0.6) is 0 Å². The first kappa shape index (κ1) is 20.9. The second kappa shape index (κ2) is 6.54. The van der Waals surface area contributed by atoms with Gasteiger partial charge in [0, 0.05) is 29.8 Å². The van der Waals surface area contributed by atoms with Gasteiger partial charge >= 0.3 is 5.97 Å². The highest BCUT2D eigenvalue weighted by Crippen LogP contribution is 2.56. The summed E-state index contributed by atoms with van der Waals surface area (Å²) in [4.78, 5) is 11.0. The molecule has 1 N–H and O–H groups in total. The van der Waals surface area contributed by atoms with Crippen LogP contribution in [0.3, 0.4) is 0 Å². The van der Waals surface area contributed by atoms with E-state index in [0.29, 0.717) is 9.86 Å². The maximum absolute atomic E-state index is 11.0. The molecule has 0 radical (unpaired) electrons. The third kappa shape index (κ3) is 4.42. The van der Waals surface area contributed by atoms with Gasteiger partial charge in [0.25, 0.3) is 0 Å². The molecule has 21 heavy (non-hydrogen) atoms. The molecule has 0 aliphatic heterocycles. The molecular formula is C16H36O2Si3. The van der Waals surface area contributed by atoms with Crippen molar-refractivity contribution in [1.29, 1.82) is 0 Å². The summed E-state index contributed by atoms with van der Waals surface area (Å²) in [6.07, 6.45) is 4.03. The Morgan fingerprint density at radius 3 is 1.48 bits per heavy atom. The highest BCUT2D eigenvalue weighted by Gasteiger charge is 2.58. The first-order chi connectivity index (χ1) is 9.08. The fourth-order valence-corrected chi connectivity index (χ4v) is 34.8. The molecule has 0 heterocycles. The number of rotatable bonds is 7. The Morgan fingerprint density at radius 1 is 0.905 bits per heavy atom. The first-order valence-electron chi connectivity index (χ1n) is 7.98. The lowest BCUT2D eigenvalue weighted by atomic mass is 10.2. The Balaban J connectivity index is 5.75. The van der Waals surface area contributed by atoms with Crippen LogP contribution >= 0.6 is 0 Å². The fraction of sp³-hybridized carbons (Fsp3) is 0.812. The summed E-state index contributed by atoms with van der Waals surface area (Å²) in [6, 6.07) is 0. The Kier molecular flexibility index (Phi) is 6.50. The Bertz CT molecular complexity index is 371. The molecule has 0 fully saturated rings. The maximum atomic E-state index is 11.0. The van der Waals surface area contributed by atoms with E-state index in [9.17, 15) is 4.79 Å². The van der Waals surface area contributed by atoms with Crippen molar-refractivity contribution >= 4 is 30.2 Å². The van der Waals surface area contributed by atoms with Crippen molar-refractivity contribution < 1.29 is 9.90 Å². The lowest BCUT2D eigenvalue weighted by Crippen LogP contribution is -2.65. The van der Waals surface area contributed by atoms with E-state index in [1.165, 1.54) is 6.42 Å². The van der Waals surface area contributed by atoms with E-state index in [-0.39, 0.29) is 0 Å². The number of hydrogen-bond acceptors (Lipinski definition) is 1. The van der Waals surface area contributed by atoms with Crippen LogP contribution in [-0.2, 0) is 4.79 Å². The summed E-state index contributed by atoms with van der Waals surface area (Å²) < 4.78 is 0.516. The molecule has 0 atom stereocenters. The molecular weight excluding hydrogens is 308 g/mol. The lowest BCUT2D eigenvalue weighted by molar-refractivity contribution is -0.132. The summed E-state index contributed by atoms with van der Waals surface area (Å²) in [7, 11) is -4.08. The van der Waals surface area contributed by atoms with Gasteiger partial charge in [0.2, 0.25) is 0 Å². The van der Waals surface area contributed by atoms with Crippen LogP contribution in [0.1, 0.15) is 19.8 Å². The molecule has 0 saturated heterocycles. The van der Waals surface area contributed by atoms with Gasteiger partial charge in [0.05, 0.1) is 0 Å². The van der Waals surface area contributed by atoms with Crippen LogP contribution in [-0.4, -0.2) is 35.3 Å². The Labute approximate surface area is 135 Å². The van der Waals surface area contributed by atoms with Crippen molar-refractivity contribution in [3.8, 4) is 0 Å². The van der Waals surface area contributed by atoms with E-state index in [1.807, 2.05) is 6.08 Å². The maximum Gasteiger partial charge on any atom is 0.330 e. The van der Waals surface area contributed by atoms with Gasteiger partial charge in [0.15, 0.2) is 0 Å². The van der Waals surface area contributed by atoms with Crippen LogP contribution in [0.25, 0.3) is 0 Å². The molecule has 0 aliphatic rings. The zero-order chi connectivity index (χ0) is 17.3. The van der Waals surface area contributed by atoms with E-state index < -0.39 is 30.2 Å². The van der Waals surface area contributed by atoms with Crippen molar-refractivity contribution in [2.45, 2.75) is 83.0 Å². The van der Waals surface area contributed by atoms with Gasteiger partial charge < -0.3 is 5.11 Å². The molecule has 0 unspecified atom stereocenters. The second-order valence-electron chi connectivity index (χ2n) is 9.39. The van der Waals surface area contributed by atoms with E-state index in [4.69, 9.17) is 5.11 Å². The SMILES string of the molecule is CC(=CCCC([Si](C)(C)C)([Si](C)(C)C)[Si](C)(C)C)C(=O)O. The first-order valence-corrected chi connectivity index (χ1v) is 18.5. The zero-order valence-corrected chi connectivity index (χ0v) is 18.8. The molecule has 0 aromatic rings. The molecule has 0 bridgehead atoms. The van der Waals surface area contributed by atoms with Crippen LogP contribution in [0, 0.1) is 0 Å².